The van der Waals surface area contributed by atoms with Crippen molar-refractivity contribution in [2.24, 2.45) is 5.10 Å². The minimum Gasteiger partial charge on any atom is -0.261 e. The summed E-state index contributed by atoms with van der Waals surface area (Å²) in [6.45, 7) is 0. The fourth-order valence-corrected chi connectivity index (χ4v) is 2.72. The van der Waals surface area contributed by atoms with E-state index >= 15 is 0 Å². The van der Waals surface area contributed by atoms with E-state index in [0.717, 1.165) is 22.0 Å². The first-order valence-corrected chi connectivity index (χ1v) is 8.54. The van der Waals surface area contributed by atoms with Crippen LogP contribution in [0, 0.1) is 0 Å². The average Bonchev–Trinajstić information content (AvgIpc) is 2.69. The van der Waals surface area contributed by atoms with E-state index < -0.39 is 0 Å². The average molecular weight is 359 g/mol. The molecule has 4 aromatic rings. The smallest absolute Gasteiger partial charge is 0.162 e. The number of para-hydroxylation sites is 1. The Morgan fingerprint density at radius 2 is 1.54 bits per heavy atom. The van der Waals surface area contributed by atoms with Crippen LogP contribution in [0.3, 0.4) is 0 Å². The standard InChI is InChI=1S/C21H15ClN4/c22-17-12-10-16(11-13-17)20-24-19-9-5-4-8-18(19)21(25-20)26-23-14-15-6-2-1-3-7-15/h1-14H,(H,24,25,26)/b23-14+. The van der Waals surface area contributed by atoms with Gasteiger partial charge in [0.05, 0.1) is 11.7 Å². The number of nitrogens with one attached hydrogen (secondary N) is 1. The summed E-state index contributed by atoms with van der Waals surface area (Å²) in [6, 6.07) is 25.2. The van der Waals surface area contributed by atoms with E-state index in [4.69, 9.17) is 11.6 Å². The normalized spacial score (nSPS) is 11.1. The van der Waals surface area contributed by atoms with Crippen LogP contribution in [0.15, 0.2) is 84.0 Å². The first-order valence-electron chi connectivity index (χ1n) is 8.16. The van der Waals surface area contributed by atoms with E-state index in [0.29, 0.717) is 16.7 Å². The van der Waals surface area contributed by atoms with Crippen molar-refractivity contribution in [2.45, 2.75) is 0 Å². The molecule has 0 amide bonds. The molecule has 1 N–H and O–H groups in total. The molecule has 126 valence electrons. The van der Waals surface area contributed by atoms with Gasteiger partial charge in [-0.05, 0) is 42.0 Å². The van der Waals surface area contributed by atoms with Crippen LogP contribution in [0.1, 0.15) is 5.56 Å². The van der Waals surface area contributed by atoms with E-state index in [1.807, 2.05) is 78.9 Å². The van der Waals surface area contributed by atoms with Gasteiger partial charge in [-0.1, -0.05) is 54.1 Å². The lowest BCUT2D eigenvalue weighted by Crippen LogP contribution is -1.99. The molecular formula is C21H15ClN4. The molecule has 4 nitrogen and oxygen atoms in total. The Kier molecular flexibility index (Phi) is 4.58. The Balaban J connectivity index is 1.72. The topological polar surface area (TPSA) is 50.2 Å². The molecule has 26 heavy (non-hydrogen) atoms. The van der Waals surface area contributed by atoms with Crippen molar-refractivity contribution in [2.75, 3.05) is 5.43 Å². The van der Waals surface area contributed by atoms with Crippen molar-refractivity contribution >= 4 is 34.5 Å². The Morgan fingerprint density at radius 1 is 0.808 bits per heavy atom. The van der Waals surface area contributed by atoms with E-state index in [9.17, 15) is 0 Å². The minimum atomic E-state index is 0.623. The van der Waals surface area contributed by atoms with Gasteiger partial charge in [-0.25, -0.2) is 9.97 Å². The first kappa shape index (κ1) is 16.2. The number of nitrogens with zero attached hydrogens (tertiary/aromatic N) is 3. The molecule has 0 atom stereocenters. The zero-order valence-electron chi connectivity index (χ0n) is 13.8. The molecule has 0 unspecified atom stereocenters. The van der Waals surface area contributed by atoms with Gasteiger partial charge in [0, 0.05) is 16.0 Å². The number of anilines is 1. The molecular weight excluding hydrogens is 344 g/mol. The molecule has 0 aliphatic rings. The number of hydrogen-bond acceptors (Lipinski definition) is 4. The van der Waals surface area contributed by atoms with Crippen LogP contribution in [-0.4, -0.2) is 16.2 Å². The van der Waals surface area contributed by atoms with E-state index in [1.54, 1.807) is 6.21 Å². The van der Waals surface area contributed by atoms with Gasteiger partial charge in [0.15, 0.2) is 11.6 Å². The second-order valence-corrected chi connectivity index (χ2v) is 6.14. The third kappa shape index (κ3) is 3.55. The number of hydrogen-bond donors (Lipinski definition) is 1. The quantitative estimate of drug-likeness (QED) is 0.392. The highest BCUT2D eigenvalue weighted by atomic mass is 35.5. The molecule has 0 saturated carbocycles. The Morgan fingerprint density at radius 3 is 2.35 bits per heavy atom. The summed E-state index contributed by atoms with van der Waals surface area (Å²) in [6.07, 6.45) is 1.76. The van der Waals surface area contributed by atoms with Crippen LogP contribution in [-0.2, 0) is 0 Å². The summed E-state index contributed by atoms with van der Waals surface area (Å²) in [5.41, 5.74) is 5.81. The van der Waals surface area contributed by atoms with Crippen LogP contribution in [0.4, 0.5) is 5.82 Å². The second-order valence-electron chi connectivity index (χ2n) is 5.70. The third-order valence-corrected chi connectivity index (χ3v) is 4.14. The van der Waals surface area contributed by atoms with Crippen molar-refractivity contribution in [1.82, 2.24) is 9.97 Å². The second kappa shape index (κ2) is 7.33. The largest absolute Gasteiger partial charge is 0.261 e. The van der Waals surface area contributed by atoms with Gasteiger partial charge in [0.2, 0.25) is 0 Å². The van der Waals surface area contributed by atoms with Gasteiger partial charge >= 0.3 is 0 Å². The molecule has 1 aromatic heterocycles. The van der Waals surface area contributed by atoms with Crippen molar-refractivity contribution < 1.29 is 0 Å². The summed E-state index contributed by atoms with van der Waals surface area (Å²) in [5.74, 6) is 1.28. The lowest BCUT2D eigenvalue weighted by atomic mass is 10.2. The van der Waals surface area contributed by atoms with Crippen molar-refractivity contribution in [3.63, 3.8) is 0 Å². The molecule has 0 radical (unpaired) electrons. The SMILES string of the molecule is Clc1ccc(-c2nc(N/N=C/c3ccccc3)c3ccccc3n2)cc1. The molecule has 0 saturated heterocycles. The van der Waals surface area contributed by atoms with Gasteiger partial charge in [-0.15, -0.1) is 0 Å². The summed E-state index contributed by atoms with van der Waals surface area (Å²) in [7, 11) is 0. The van der Waals surface area contributed by atoms with Gasteiger partial charge in [-0.3, -0.25) is 5.43 Å². The Hall–Kier alpha value is -3.24. The number of fused-ring (bicyclic) bond motifs is 1. The molecule has 0 aliphatic carbocycles. The van der Waals surface area contributed by atoms with Gasteiger partial charge < -0.3 is 0 Å². The molecule has 0 spiro atoms. The number of hydrazone groups is 1. The Labute approximate surface area is 156 Å². The van der Waals surface area contributed by atoms with Gasteiger partial charge in [0.1, 0.15) is 0 Å². The number of rotatable bonds is 4. The predicted octanol–water partition coefficient (Wildman–Crippen LogP) is 5.40. The fraction of sp³-hybridized carbons (Fsp3) is 0. The molecule has 0 aliphatic heterocycles. The zero-order valence-corrected chi connectivity index (χ0v) is 14.6. The maximum atomic E-state index is 5.98. The summed E-state index contributed by atoms with van der Waals surface area (Å²) in [5, 5.41) is 5.92. The van der Waals surface area contributed by atoms with Crippen molar-refractivity contribution in [1.29, 1.82) is 0 Å². The fourth-order valence-electron chi connectivity index (χ4n) is 2.60. The number of halogens is 1. The highest BCUT2D eigenvalue weighted by Crippen LogP contribution is 2.25. The van der Waals surface area contributed by atoms with Crippen molar-refractivity contribution in [3.8, 4) is 11.4 Å². The monoisotopic (exact) mass is 358 g/mol. The summed E-state index contributed by atoms with van der Waals surface area (Å²) >= 11 is 5.98. The third-order valence-electron chi connectivity index (χ3n) is 3.89. The minimum absolute atomic E-state index is 0.623. The van der Waals surface area contributed by atoms with Gasteiger partial charge in [0.25, 0.3) is 0 Å². The van der Waals surface area contributed by atoms with Crippen LogP contribution < -0.4 is 5.43 Å². The van der Waals surface area contributed by atoms with Crippen LogP contribution in [0.5, 0.6) is 0 Å². The highest BCUT2D eigenvalue weighted by Gasteiger charge is 2.08. The van der Waals surface area contributed by atoms with E-state index in [-0.39, 0.29) is 0 Å². The number of aromatic nitrogens is 2. The van der Waals surface area contributed by atoms with Crippen molar-refractivity contribution in [3.05, 3.63) is 89.4 Å². The first-order chi connectivity index (χ1) is 12.8. The van der Waals surface area contributed by atoms with E-state index in [2.05, 4.69) is 20.5 Å². The molecule has 0 fully saturated rings. The van der Waals surface area contributed by atoms with Crippen LogP contribution >= 0.6 is 11.6 Å². The van der Waals surface area contributed by atoms with Crippen LogP contribution in [0.2, 0.25) is 5.02 Å². The molecule has 5 heteroatoms. The Bertz CT molecular complexity index is 1060. The highest BCUT2D eigenvalue weighted by molar-refractivity contribution is 6.30. The van der Waals surface area contributed by atoms with E-state index in [1.165, 1.54) is 0 Å². The number of benzene rings is 3. The maximum absolute atomic E-state index is 5.98. The lowest BCUT2D eigenvalue weighted by molar-refractivity contribution is 1.19. The summed E-state index contributed by atoms with van der Waals surface area (Å²) in [4.78, 5) is 9.31. The molecule has 3 aromatic carbocycles. The zero-order chi connectivity index (χ0) is 17.8. The van der Waals surface area contributed by atoms with Crippen LogP contribution in [0.25, 0.3) is 22.3 Å². The molecule has 0 bridgehead atoms. The molecule has 1 heterocycles. The lowest BCUT2D eigenvalue weighted by Gasteiger charge is -2.08. The molecule has 4 rings (SSSR count). The maximum Gasteiger partial charge on any atom is 0.162 e. The predicted molar refractivity (Wildman–Crippen MR) is 108 cm³/mol. The summed E-state index contributed by atoms with van der Waals surface area (Å²) < 4.78 is 0. The van der Waals surface area contributed by atoms with Gasteiger partial charge in [-0.2, -0.15) is 5.10 Å².